The molecule has 1 aromatic heterocycles. The number of nitrogens with zero attached hydrogens (tertiary/aromatic N) is 1. The normalized spacial score (nSPS) is 14.8. The lowest BCUT2D eigenvalue weighted by atomic mass is 9.80. The molecule has 1 nitrogen and oxygen atoms in total. The summed E-state index contributed by atoms with van der Waals surface area (Å²) in [7, 11) is 0. The number of hydrogen-bond acceptors (Lipinski definition) is 1. The van der Waals surface area contributed by atoms with Gasteiger partial charge in [0.2, 0.25) is 0 Å². The highest BCUT2D eigenvalue weighted by molar-refractivity contribution is 9.09. The number of rotatable bonds is 3. The van der Waals surface area contributed by atoms with Crippen LogP contribution in [0.4, 0.5) is 0 Å². The molecule has 0 saturated heterocycles. The molecule has 1 aromatic carbocycles. The van der Waals surface area contributed by atoms with Crippen molar-refractivity contribution < 1.29 is 0 Å². The SMILES string of the molecule is CC(c1ccncc1)C(Br)c1ccccc1C(C)(C)C. The van der Waals surface area contributed by atoms with Crippen molar-refractivity contribution in [2.75, 3.05) is 0 Å². The van der Waals surface area contributed by atoms with E-state index in [4.69, 9.17) is 0 Å². The van der Waals surface area contributed by atoms with Crippen LogP contribution in [-0.4, -0.2) is 4.98 Å². The van der Waals surface area contributed by atoms with E-state index in [0.29, 0.717) is 10.7 Å². The van der Waals surface area contributed by atoms with E-state index in [1.165, 1.54) is 16.7 Å². The number of aromatic nitrogens is 1. The molecule has 0 aliphatic carbocycles. The Bertz CT molecular complexity index is 557. The Kier molecular flexibility index (Phi) is 4.64. The van der Waals surface area contributed by atoms with Gasteiger partial charge >= 0.3 is 0 Å². The highest BCUT2D eigenvalue weighted by Gasteiger charge is 2.25. The summed E-state index contributed by atoms with van der Waals surface area (Å²) in [6.07, 6.45) is 3.72. The zero-order valence-electron chi connectivity index (χ0n) is 12.6. The van der Waals surface area contributed by atoms with Crippen molar-refractivity contribution in [3.05, 3.63) is 65.5 Å². The minimum absolute atomic E-state index is 0.153. The number of halogens is 1. The summed E-state index contributed by atoms with van der Waals surface area (Å²) in [5, 5.41) is 0. The van der Waals surface area contributed by atoms with Crippen LogP contribution in [0.3, 0.4) is 0 Å². The number of hydrogen-bond donors (Lipinski definition) is 0. The standard InChI is InChI=1S/C18H22BrN/c1-13(14-9-11-20-12-10-14)17(19)15-7-5-6-8-16(15)18(2,3)4/h5-13,17H,1-4H3. The van der Waals surface area contributed by atoms with Crippen LogP contribution >= 0.6 is 15.9 Å². The lowest BCUT2D eigenvalue weighted by molar-refractivity contribution is 0.577. The highest BCUT2D eigenvalue weighted by atomic mass is 79.9. The molecule has 0 aliphatic heterocycles. The fourth-order valence-electron chi connectivity index (χ4n) is 2.53. The molecule has 0 radical (unpaired) electrons. The first-order valence-corrected chi connectivity index (χ1v) is 7.96. The van der Waals surface area contributed by atoms with Crippen LogP contribution in [0.5, 0.6) is 0 Å². The molecule has 2 atom stereocenters. The Morgan fingerprint density at radius 1 is 1.00 bits per heavy atom. The predicted octanol–water partition coefficient (Wildman–Crippen LogP) is 5.62. The van der Waals surface area contributed by atoms with Gasteiger partial charge in [-0.2, -0.15) is 0 Å². The van der Waals surface area contributed by atoms with Crippen molar-refractivity contribution in [3.63, 3.8) is 0 Å². The zero-order chi connectivity index (χ0) is 14.8. The Morgan fingerprint density at radius 2 is 1.60 bits per heavy atom. The van der Waals surface area contributed by atoms with E-state index in [1.807, 2.05) is 12.4 Å². The molecule has 0 N–H and O–H groups in total. The van der Waals surface area contributed by atoms with Crippen molar-refractivity contribution >= 4 is 15.9 Å². The molecular formula is C18H22BrN. The van der Waals surface area contributed by atoms with E-state index in [-0.39, 0.29) is 5.41 Å². The van der Waals surface area contributed by atoms with Gasteiger partial charge in [-0.3, -0.25) is 4.98 Å². The molecule has 2 heteroatoms. The molecule has 0 bridgehead atoms. The molecule has 0 fully saturated rings. The molecule has 2 aromatic rings. The monoisotopic (exact) mass is 331 g/mol. The first-order chi connectivity index (χ1) is 9.41. The fourth-order valence-corrected chi connectivity index (χ4v) is 3.23. The van der Waals surface area contributed by atoms with Gasteiger partial charge < -0.3 is 0 Å². The molecular weight excluding hydrogens is 310 g/mol. The molecule has 0 spiro atoms. The lowest BCUT2D eigenvalue weighted by Gasteiger charge is -2.28. The summed E-state index contributed by atoms with van der Waals surface area (Å²) in [5.41, 5.74) is 4.25. The third-order valence-corrected chi connectivity index (χ3v) is 5.02. The van der Waals surface area contributed by atoms with Gasteiger partial charge in [0.15, 0.2) is 0 Å². The average molecular weight is 332 g/mol. The fraction of sp³-hybridized carbons (Fsp3) is 0.389. The van der Waals surface area contributed by atoms with Crippen molar-refractivity contribution in [2.24, 2.45) is 0 Å². The van der Waals surface area contributed by atoms with E-state index in [9.17, 15) is 0 Å². The van der Waals surface area contributed by atoms with Gasteiger partial charge in [0.25, 0.3) is 0 Å². The second-order valence-corrected chi connectivity index (χ2v) is 7.29. The Labute approximate surface area is 130 Å². The average Bonchev–Trinajstić information content (AvgIpc) is 2.46. The summed E-state index contributed by atoms with van der Waals surface area (Å²) in [6, 6.07) is 12.9. The first-order valence-electron chi connectivity index (χ1n) is 7.04. The summed E-state index contributed by atoms with van der Waals surface area (Å²) in [5.74, 6) is 0.404. The van der Waals surface area contributed by atoms with E-state index in [1.54, 1.807) is 0 Å². The number of benzene rings is 1. The van der Waals surface area contributed by atoms with Crippen LogP contribution < -0.4 is 0 Å². The molecule has 0 amide bonds. The van der Waals surface area contributed by atoms with Crippen molar-refractivity contribution in [1.82, 2.24) is 4.98 Å². The Hall–Kier alpha value is -1.15. The first kappa shape index (κ1) is 15.2. The number of alkyl halides is 1. The molecule has 1 heterocycles. The third kappa shape index (κ3) is 3.29. The topological polar surface area (TPSA) is 12.9 Å². The third-order valence-electron chi connectivity index (χ3n) is 3.74. The van der Waals surface area contributed by atoms with Crippen LogP contribution in [0, 0.1) is 0 Å². The second-order valence-electron chi connectivity index (χ2n) is 6.31. The van der Waals surface area contributed by atoms with Gasteiger partial charge in [0.1, 0.15) is 0 Å². The van der Waals surface area contributed by atoms with Crippen LogP contribution in [0.2, 0.25) is 0 Å². The minimum atomic E-state index is 0.153. The summed E-state index contributed by atoms with van der Waals surface area (Å²) < 4.78 is 0. The maximum Gasteiger partial charge on any atom is 0.0464 e. The van der Waals surface area contributed by atoms with Gasteiger partial charge in [0.05, 0.1) is 0 Å². The van der Waals surface area contributed by atoms with Gasteiger partial charge in [-0.1, -0.05) is 67.9 Å². The Balaban J connectivity index is 2.37. The molecule has 20 heavy (non-hydrogen) atoms. The van der Waals surface area contributed by atoms with Gasteiger partial charge in [0, 0.05) is 17.2 Å². The molecule has 0 aliphatic rings. The zero-order valence-corrected chi connectivity index (χ0v) is 14.2. The summed E-state index contributed by atoms with van der Waals surface area (Å²) in [6.45, 7) is 9.06. The lowest BCUT2D eigenvalue weighted by Crippen LogP contribution is -2.16. The second kappa shape index (κ2) is 6.09. The smallest absolute Gasteiger partial charge is 0.0464 e. The van der Waals surface area contributed by atoms with Crippen LogP contribution in [-0.2, 0) is 5.41 Å². The molecule has 0 saturated carbocycles. The van der Waals surface area contributed by atoms with Crippen molar-refractivity contribution in [2.45, 2.75) is 43.9 Å². The quantitative estimate of drug-likeness (QED) is 0.665. The van der Waals surface area contributed by atoms with Gasteiger partial charge in [-0.05, 0) is 40.2 Å². The van der Waals surface area contributed by atoms with Crippen LogP contribution in [0.25, 0.3) is 0 Å². The summed E-state index contributed by atoms with van der Waals surface area (Å²) in [4.78, 5) is 4.41. The van der Waals surface area contributed by atoms with E-state index >= 15 is 0 Å². The highest BCUT2D eigenvalue weighted by Crippen LogP contribution is 2.41. The van der Waals surface area contributed by atoms with Crippen LogP contribution in [0.1, 0.15) is 55.1 Å². The minimum Gasteiger partial charge on any atom is -0.265 e. The van der Waals surface area contributed by atoms with Gasteiger partial charge in [-0.25, -0.2) is 0 Å². The predicted molar refractivity (Wildman–Crippen MR) is 89.5 cm³/mol. The van der Waals surface area contributed by atoms with Crippen molar-refractivity contribution in [1.29, 1.82) is 0 Å². The maximum absolute atomic E-state index is 4.10. The largest absolute Gasteiger partial charge is 0.265 e. The maximum atomic E-state index is 4.10. The van der Waals surface area contributed by atoms with E-state index in [0.717, 1.165) is 0 Å². The van der Waals surface area contributed by atoms with Crippen molar-refractivity contribution in [3.8, 4) is 0 Å². The molecule has 2 rings (SSSR count). The van der Waals surface area contributed by atoms with E-state index < -0.39 is 0 Å². The van der Waals surface area contributed by atoms with E-state index in [2.05, 4.69) is 85.0 Å². The molecule has 106 valence electrons. The van der Waals surface area contributed by atoms with Crippen LogP contribution in [0.15, 0.2) is 48.8 Å². The number of pyridine rings is 1. The summed E-state index contributed by atoms with van der Waals surface area (Å²) >= 11 is 3.91. The molecule has 2 unspecified atom stereocenters. The Morgan fingerprint density at radius 3 is 2.20 bits per heavy atom. The van der Waals surface area contributed by atoms with Gasteiger partial charge in [-0.15, -0.1) is 0 Å².